The molecular formula is C16H16Cl2F2N2O3. The lowest BCUT2D eigenvalue weighted by Gasteiger charge is -2.17. The standard InChI is InChI=1S/C16H16Cl2F2N2O3/c1-7-11-9(2-3-21-15(7)24)22-14-12(11)10(4-8(17)13(14)18)25-6-16(19,20)5-23/h4,7,22-23H,2-3,5-6H2,1H3,(H,21,24)/t7-/m0/s1. The number of nitrogens with one attached hydrogen (secondary N) is 2. The number of aromatic amines is 1. The summed E-state index contributed by atoms with van der Waals surface area (Å²) in [6, 6.07) is 1.35. The lowest BCUT2D eigenvalue weighted by Crippen LogP contribution is -2.29. The molecule has 2 heterocycles. The van der Waals surface area contributed by atoms with Crippen molar-refractivity contribution >= 4 is 40.0 Å². The van der Waals surface area contributed by atoms with Crippen LogP contribution in [-0.2, 0) is 11.2 Å². The number of aliphatic hydroxyl groups is 1. The van der Waals surface area contributed by atoms with E-state index in [1.165, 1.54) is 6.07 Å². The maximum Gasteiger partial charge on any atom is 0.303 e. The van der Waals surface area contributed by atoms with Crippen LogP contribution in [0.3, 0.4) is 0 Å². The molecule has 2 aromatic rings. The van der Waals surface area contributed by atoms with Gasteiger partial charge in [-0.05, 0) is 12.5 Å². The number of alkyl halides is 2. The molecule has 0 radical (unpaired) electrons. The predicted octanol–water partition coefficient (Wildman–Crippen LogP) is 3.26. The van der Waals surface area contributed by atoms with Crippen molar-refractivity contribution in [3.63, 3.8) is 0 Å². The number of halogens is 4. The van der Waals surface area contributed by atoms with Crippen molar-refractivity contribution in [2.24, 2.45) is 0 Å². The quantitative estimate of drug-likeness (QED) is 0.747. The van der Waals surface area contributed by atoms with Crippen molar-refractivity contribution < 1.29 is 23.4 Å². The van der Waals surface area contributed by atoms with E-state index in [1.807, 2.05) is 0 Å². The van der Waals surface area contributed by atoms with Crippen LogP contribution in [0.1, 0.15) is 24.1 Å². The van der Waals surface area contributed by atoms with Crippen LogP contribution in [0, 0.1) is 0 Å². The zero-order valence-electron chi connectivity index (χ0n) is 13.3. The average Bonchev–Trinajstić information content (AvgIpc) is 2.89. The summed E-state index contributed by atoms with van der Waals surface area (Å²) in [6.07, 6.45) is 0.542. The summed E-state index contributed by atoms with van der Waals surface area (Å²) < 4.78 is 32.0. The molecule has 0 aliphatic carbocycles. The molecule has 3 N–H and O–H groups in total. The first-order valence-corrected chi connectivity index (χ1v) is 8.42. The molecule has 9 heteroatoms. The SMILES string of the molecule is C[C@@H]1C(=O)NCCc2[nH]c3c(Cl)c(Cl)cc(OCC(F)(F)CO)c3c21. The van der Waals surface area contributed by atoms with Crippen molar-refractivity contribution in [1.82, 2.24) is 10.3 Å². The molecule has 5 nitrogen and oxygen atoms in total. The van der Waals surface area contributed by atoms with E-state index in [4.69, 9.17) is 33.0 Å². The second-order valence-electron chi connectivity index (χ2n) is 6.00. The number of amides is 1. The fourth-order valence-electron chi connectivity index (χ4n) is 2.97. The van der Waals surface area contributed by atoms with Crippen LogP contribution in [-0.4, -0.2) is 41.7 Å². The molecule has 0 saturated heterocycles. The first-order valence-electron chi connectivity index (χ1n) is 7.67. The van der Waals surface area contributed by atoms with E-state index >= 15 is 0 Å². The summed E-state index contributed by atoms with van der Waals surface area (Å²) >= 11 is 12.3. The Kier molecular flexibility index (Phi) is 4.83. The number of rotatable bonds is 4. The molecule has 0 unspecified atom stereocenters. The van der Waals surface area contributed by atoms with Gasteiger partial charge in [0, 0.05) is 30.1 Å². The van der Waals surface area contributed by atoms with Gasteiger partial charge in [0.2, 0.25) is 5.91 Å². The number of aromatic nitrogens is 1. The van der Waals surface area contributed by atoms with Crippen LogP contribution < -0.4 is 10.1 Å². The summed E-state index contributed by atoms with van der Waals surface area (Å²) in [5, 5.41) is 12.3. The van der Waals surface area contributed by atoms with Gasteiger partial charge < -0.3 is 20.1 Å². The van der Waals surface area contributed by atoms with Crippen LogP contribution in [0.25, 0.3) is 10.9 Å². The Hall–Kier alpha value is -1.57. The molecule has 1 aliphatic heterocycles. The van der Waals surface area contributed by atoms with Crippen LogP contribution in [0.5, 0.6) is 5.75 Å². The highest BCUT2D eigenvalue weighted by molar-refractivity contribution is 6.45. The van der Waals surface area contributed by atoms with Gasteiger partial charge in [0.25, 0.3) is 0 Å². The van der Waals surface area contributed by atoms with Gasteiger partial charge in [-0.3, -0.25) is 4.79 Å². The van der Waals surface area contributed by atoms with Crippen LogP contribution in [0.4, 0.5) is 8.78 Å². The summed E-state index contributed by atoms with van der Waals surface area (Å²) in [5.41, 5.74) is 1.89. The van der Waals surface area contributed by atoms with Gasteiger partial charge in [-0.15, -0.1) is 0 Å². The molecule has 1 atom stereocenters. The van der Waals surface area contributed by atoms with Gasteiger partial charge in [0.1, 0.15) is 12.4 Å². The normalized spacial score (nSPS) is 18.0. The number of fused-ring (bicyclic) bond motifs is 3. The van der Waals surface area contributed by atoms with Crippen molar-refractivity contribution in [3.05, 3.63) is 27.4 Å². The molecule has 0 fully saturated rings. The summed E-state index contributed by atoms with van der Waals surface area (Å²) in [5.74, 6) is -3.98. The van der Waals surface area contributed by atoms with Crippen molar-refractivity contribution in [3.8, 4) is 5.75 Å². The minimum absolute atomic E-state index is 0.0941. The highest BCUT2D eigenvalue weighted by Gasteiger charge is 2.32. The lowest BCUT2D eigenvalue weighted by atomic mass is 9.96. The van der Waals surface area contributed by atoms with Gasteiger partial charge in [-0.25, -0.2) is 8.78 Å². The Morgan fingerprint density at radius 3 is 2.84 bits per heavy atom. The highest BCUT2D eigenvalue weighted by Crippen LogP contribution is 2.43. The molecule has 1 amide bonds. The maximum atomic E-state index is 13.4. The fourth-order valence-corrected chi connectivity index (χ4v) is 3.36. The Labute approximate surface area is 152 Å². The first kappa shape index (κ1) is 18.2. The van der Waals surface area contributed by atoms with E-state index in [2.05, 4.69) is 10.3 Å². The molecule has 0 bridgehead atoms. The minimum Gasteiger partial charge on any atom is -0.486 e. The summed E-state index contributed by atoms with van der Waals surface area (Å²) in [6.45, 7) is -0.173. The van der Waals surface area contributed by atoms with Gasteiger partial charge in [0.15, 0.2) is 6.61 Å². The Morgan fingerprint density at radius 1 is 1.44 bits per heavy atom. The third-order valence-electron chi connectivity index (χ3n) is 4.22. The second-order valence-corrected chi connectivity index (χ2v) is 6.79. The second kappa shape index (κ2) is 6.63. The molecular weight excluding hydrogens is 377 g/mol. The van der Waals surface area contributed by atoms with Crippen molar-refractivity contribution in [2.75, 3.05) is 19.8 Å². The first-order chi connectivity index (χ1) is 11.7. The molecule has 136 valence electrons. The maximum absolute atomic E-state index is 13.4. The largest absolute Gasteiger partial charge is 0.486 e. The summed E-state index contributed by atoms with van der Waals surface area (Å²) in [4.78, 5) is 15.3. The van der Waals surface area contributed by atoms with E-state index in [0.29, 0.717) is 29.4 Å². The Balaban J connectivity index is 2.18. The molecule has 0 saturated carbocycles. The molecule has 1 aliphatic rings. The third-order valence-corrected chi connectivity index (χ3v) is 5.01. The van der Waals surface area contributed by atoms with Gasteiger partial charge in [0.05, 0.1) is 21.5 Å². The van der Waals surface area contributed by atoms with Crippen LogP contribution in [0.15, 0.2) is 6.07 Å². The van der Waals surface area contributed by atoms with Gasteiger partial charge in [-0.1, -0.05) is 23.2 Å². The molecule has 1 aromatic carbocycles. The molecule has 1 aromatic heterocycles. The molecule has 0 spiro atoms. The van der Waals surface area contributed by atoms with E-state index < -0.39 is 25.1 Å². The zero-order chi connectivity index (χ0) is 18.4. The van der Waals surface area contributed by atoms with Crippen LogP contribution in [0.2, 0.25) is 10.0 Å². The lowest BCUT2D eigenvalue weighted by molar-refractivity contribution is -0.121. The number of ether oxygens (including phenoxy) is 1. The average molecular weight is 393 g/mol. The summed E-state index contributed by atoms with van der Waals surface area (Å²) in [7, 11) is 0. The Bertz CT molecular complexity index is 839. The Morgan fingerprint density at radius 2 is 2.16 bits per heavy atom. The number of hydrogen-bond acceptors (Lipinski definition) is 3. The van der Waals surface area contributed by atoms with Crippen molar-refractivity contribution in [2.45, 2.75) is 25.2 Å². The third kappa shape index (κ3) is 3.28. The van der Waals surface area contributed by atoms with Gasteiger partial charge >= 0.3 is 5.92 Å². The number of hydrogen-bond donors (Lipinski definition) is 3. The van der Waals surface area contributed by atoms with Crippen LogP contribution >= 0.6 is 23.2 Å². The van der Waals surface area contributed by atoms with E-state index in [0.717, 1.165) is 5.69 Å². The highest BCUT2D eigenvalue weighted by atomic mass is 35.5. The zero-order valence-corrected chi connectivity index (χ0v) is 14.8. The monoisotopic (exact) mass is 392 g/mol. The van der Waals surface area contributed by atoms with E-state index in [1.54, 1.807) is 6.92 Å². The smallest absolute Gasteiger partial charge is 0.303 e. The number of benzene rings is 1. The van der Waals surface area contributed by atoms with E-state index in [9.17, 15) is 13.6 Å². The number of carbonyl (C=O) groups excluding carboxylic acids is 1. The topological polar surface area (TPSA) is 74.4 Å². The van der Waals surface area contributed by atoms with Gasteiger partial charge in [-0.2, -0.15) is 0 Å². The molecule has 25 heavy (non-hydrogen) atoms. The van der Waals surface area contributed by atoms with Crippen molar-refractivity contribution in [1.29, 1.82) is 0 Å². The number of aliphatic hydroxyl groups excluding tert-OH is 1. The fraction of sp³-hybridized carbons (Fsp3) is 0.438. The van der Waals surface area contributed by atoms with E-state index in [-0.39, 0.29) is 21.7 Å². The predicted molar refractivity (Wildman–Crippen MR) is 91.0 cm³/mol. The molecule has 3 rings (SSSR count). The minimum atomic E-state index is -3.39. The number of carbonyl (C=O) groups is 1. The number of H-pyrrole nitrogens is 1.